The SMILES string of the molecule is COc1ccc(N2C(=O)NC(=O)/C(=C\c3cc(Br)c(Oc4ccc(C(F)(F)F)cc4[N+](=O)[O-])c(OC)c3)C2=O)cc1. The van der Waals surface area contributed by atoms with E-state index in [4.69, 9.17) is 14.2 Å². The molecule has 212 valence electrons. The van der Waals surface area contributed by atoms with E-state index in [9.17, 15) is 37.7 Å². The number of alkyl halides is 3. The van der Waals surface area contributed by atoms with Gasteiger partial charge in [-0.1, -0.05) is 0 Å². The van der Waals surface area contributed by atoms with Gasteiger partial charge in [0.05, 0.1) is 34.9 Å². The molecule has 3 aromatic rings. The number of hydrogen-bond donors (Lipinski definition) is 1. The lowest BCUT2D eigenvalue weighted by Gasteiger charge is -2.26. The highest BCUT2D eigenvalue weighted by atomic mass is 79.9. The lowest BCUT2D eigenvalue weighted by Crippen LogP contribution is -2.54. The number of anilines is 1. The van der Waals surface area contributed by atoms with E-state index >= 15 is 0 Å². The van der Waals surface area contributed by atoms with Gasteiger partial charge < -0.3 is 14.2 Å². The van der Waals surface area contributed by atoms with Crippen LogP contribution in [-0.2, 0) is 15.8 Å². The van der Waals surface area contributed by atoms with Crippen molar-refractivity contribution in [2.45, 2.75) is 6.18 Å². The maximum atomic E-state index is 13.2. The van der Waals surface area contributed by atoms with Crippen LogP contribution in [0.1, 0.15) is 11.1 Å². The summed E-state index contributed by atoms with van der Waals surface area (Å²) in [5.74, 6) is -2.07. The number of amides is 4. The van der Waals surface area contributed by atoms with Crippen molar-refractivity contribution in [3.8, 4) is 23.0 Å². The predicted molar refractivity (Wildman–Crippen MR) is 141 cm³/mol. The molecular formula is C26H17BrF3N3O8. The fourth-order valence-corrected chi connectivity index (χ4v) is 4.29. The zero-order valence-corrected chi connectivity index (χ0v) is 22.5. The van der Waals surface area contributed by atoms with E-state index in [2.05, 4.69) is 21.2 Å². The molecule has 1 heterocycles. The van der Waals surface area contributed by atoms with E-state index in [1.165, 1.54) is 56.7 Å². The average molecular weight is 636 g/mol. The largest absolute Gasteiger partial charge is 0.497 e. The Morgan fingerprint density at radius 3 is 2.24 bits per heavy atom. The van der Waals surface area contributed by atoms with Crippen LogP contribution < -0.4 is 24.4 Å². The lowest BCUT2D eigenvalue weighted by atomic mass is 10.1. The molecule has 0 spiro atoms. The second kappa shape index (κ2) is 11.3. The second-order valence-corrected chi connectivity index (χ2v) is 9.08. The summed E-state index contributed by atoms with van der Waals surface area (Å²) < 4.78 is 55.2. The third-order valence-electron chi connectivity index (χ3n) is 5.69. The number of carbonyl (C=O) groups excluding carboxylic acids is 3. The summed E-state index contributed by atoms with van der Waals surface area (Å²) in [5, 5.41) is 13.5. The van der Waals surface area contributed by atoms with Crippen molar-refractivity contribution in [1.82, 2.24) is 5.32 Å². The summed E-state index contributed by atoms with van der Waals surface area (Å²) in [4.78, 5) is 49.4. The van der Waals surface area contributed by atoms with E-state index in [1.54, 1.807) is 0 Å². The monoisotopic (exact) mass is 635 g/mol. The number of methoxy groups -OCH3 is 2. The van der Waals surface area contributed by atoms with E-state index in [0.29, 0.717) is 17.9 Å². The molecule has 0 aromatic heterocycles. The summed E-state index contributed by atoms with van der Waals surface area (Å²) >= 11 is 3.22. The van der Waals surface area contributed by atoms with Crippen LogP contribution in [0, 0.1) is 10.1 Å². The fraction of sp³-hybridized carbons (Fsp3) is 0.115. The number of benzene rings is 3. The highest BCUT2D eigenvalue weighted by Gasteiger charge is 2.37. The smallest absolute Gasteiger partial charge is 0.416 e. The van der Waals surface area contributed by atoms with Crippen molar-refractivity contribution in [3.63, 3.8) is 0 Å². The molecule has 0 unspecified atom stereocenters. The van der Waals surface area contributed by atoms with Crippen molar-refractivity contribution < 1.29 is 46.7 Å². The number of barbiturate groups is 1. The topological polar surface area (TPSA) is 137 Å². The van der Waals surface area contributed by atoms with E-state index < -0.39 is 51.5 Å². The Morgan fingerprint density at radius 2 is 1.66 bits per heavy atom. The van der Waals surface area contributed by atoms with Crippen LogP contribution in [0.15, 0.2) is 64.6 Å². The van der Waals surface area contributed by atoms with Gasteiger partial charge in [0.2, 0.25) is 5.75 Å². The Hall–Kier alpha value is -4.92. The van der Waals surface area contributed by atoms with Crippen molar-refractivity contribution >= 4 is 51.2 Å². The maximum absolute atomic E-state index is 13.2. The van der Waals surface area contributed by atoms with Gasteiger partial charge in [-0.05, 0) is 76.1 Å². The maximum Gasteiger partial charge on any atom is 0.416 e. The average Bonchev–Trinajstić information content (AvgIpc) is 2.92. The number of nitro benzene ring substituents is 1. The molecular weight excluding hydrogens is 619 g/mol. The molecule has 4 rings (SSSR count). The van der Waals surface area contributed by atoms with Crippen LogP contribution in [-0.4, -0.2) is 37.0 Å². The van der Waals surface area contributed by atoms with Gasteiger partial charge >= 0.3 is 17.9 Å². The van der Waals surface area contributed by atoms with E-state index in [0.717, 1.165) is 11.0 Å². The van der Waals surface area contributed by atoms with Crippen molar-refractivity contribution in [3.05, 3.63) is 85.9 Å². The molecule has 0 radical (unpaired) electrons. The number of nitrogens with zero attached hydrogens (tertiary/aromatic N) is 2. The van der Waals surface area contributed by atoms with Crippen molar-refractivity contribution in [2.75, 3.05) is 19.1 Å². The molecule has 15 heteroatoms. The van der Waals surface area contributed by atoms with Gasteiger partial charge in [0.1, 0.15) is 11.3 Å². The van der Waals surface area contributed by atoms with E-state index in [1.807, 2.05) is 0 Å². The first-order valence-electron chi connectivity index (χ1n) is 11.3. The number of urea groups is 1. The highest BCUT2D eigenvalue weighted by Crippen LogP contribution is 2.44. The Kier molecular flexibility index (Phi) is 8.00. The normalized spacial score (nSPS) is 14.6. The van der Waals surface area contributed by atoms with Crippen molar-refractivity contribution in [2.24, 2.45) is 0 Å². The number of carbonyl (C=O) groups is 3. The Bertz CT molecular complexity index is 1610. The van der Waals surface area contributed by atoms with Crippen molar-refractivity contribution in [1.29, 1.82) is 0 Å². The molecule has 0 saturated carbocycles. The van der Waals surface area contributed by atoms with Gasteiger partial charge in [-0.3, -0.25) is 25.0 Å². The molecule has 0 bridgehead atoms. The van der Waals surface area contributed by atoms with Gasteiger partial charge in [0.15, 0.2) is 11.5 Å². The third-order valence-corrected chi connectivity index (χ3v) is 6.28. The van der Waals surface area contributed by atoms with Gasteiger partial charge in [-0.15, -0.1) is 0 Å². The van der Waals surface area contributed by atoms with Crippen LogP contribution in [0.5, 0.6) is 23.0 Å². The van der Waals surface area contributed by atoms with Gasteiger partial charge in [-0.2, -0.15) is 13.2 Å². The zero-order valence-electron chi connectivity index (χ0n) is 20.9. The van der Waals surface area contributed by atoms with Gasteiger partial charge in [-0.25, -0.2) is 9.69 Å². The van der Waals surface area contributed by atoms with Gasteiger partial charge in [0, 0.05) is 6.07 Å². The van der Waals surface area contributed by atoms with Crippen LogP contribution in [0.2, 0.25) is 0 Å². The first-order chi connectivity index (χ1) is 19.3. The Balaban J connectivity index is 1.70. The minimum atomic E-state index is -4.81. The molecule has 0 atom stereocenters. The van der Waals surface area contributed by atoms with Crippen LogP contribution in [0.25, 0.3) is 6.08 Å². The number of halogens is 4. The number of imide groups is 2. The summed E-state index contributed by atoms with van der Waals surface area (Å²) in [7, 11) is 2.68. The molecule has 1 aliphatic heterocycles. The minimum Gasteiger partial charge on any atom is -0.497 e. The van der Waals surface area contributed by atoms with E-state index in [-0.39, 0.29) is 27.2 Å². The first kappa shape index (κ1) is 29.1. The predicted octanol–water partition coefficient (Wildman–Crippen LogP) is 5.85. The number of nitro groups is 1. The summed E-state index contributed by atoms with van der Waals surface area (Å²) in [6.45, 7) is 0. The Labute approximate surface area is 237 Å². The number of nitrogens with one attached hydrogen (secondary N) is 1. The quantitative estimate of drug-likeness (QED) is 0.148. The molecule has 1 saturated heterocycles. The fourth-order valence-electron chi connectivity index (χ4n) is 3.74. The minimum absolute atomic E-state index is 0.0489. The molecule has 1 fully saturated rings. The van der Waals surface area contributed by atoms with Gasteiger partial charge in [0.25, 0.3) is 11.8 Å². The standard InChI is InChI=1S/C26H17BrF3N3O8/c1-39-16-6-4-15(5-7-16)32-24(35)17(23(34)31-25(32)36)9-13-10-18(27)22(21(11-13)40-2)41-20-8-3-14(26(28,29)30)12-19(20)33(37)38/h3-12H,1-2H3,(H,31,34,36)/b17-9+. The summed E-state index contributed by atoms with van der Waals surface area (Å²) in [6, 6.07) is 9.47. The van der Waals surface area contributed by atoms with Crippen LogP contribution in [0.4, 0.5) is 29.3 Å². The van der Waals surface area contributed by atoms with Crippen LogP contribution in [0.3, 0.4) is 0 Å². The first-order valence-corrected chi connectivity index (χ1v) is 12.1. The molecule has 1 N–H and O–H groups in total. The van der Waals surface area contributed by atoms with Crippen LogP contribution >= 0.6 is 15.9 Å². The molecule has 1 aliphatic rings. The number of hydrogen-bond acceptors (Lipinski definition) is 8. The highest BCUT2D eigenvalue weighted by molar-refractivity contribution is 9.10. The molecule has 11 nitrogen and oxygen atoms in total. The molecule has 41 heavy (non-hydrogen) atoms. The molecule has 0 aliphatic carbocycles. The Morgan fingerprint density at radius 1 is 0.976 bits per heavy atom. The third kappa shape index (κ3) is 5.99. The number of rotatable bonds is 7. The molecule has 3 aromatic carbocycles. The zero-order chi connectivity index (χ0) is 30.1. The number of ether oxygens (including phenoxy) is 3. The summed E-state index contributed by atoms with van der Waals surface area (Å²) in [6.07, 6.45) is -3.63. The lowest BCUT2D eigenvalue weighted by molar-refractivity contribution is -0.385. The molecule has 4 amide bonds. The summed E-state index contributed by atoms with van der Waals surface area (Å²) in [5.41, 5.74) is -2.19. The second-order valence-electron chi connectivity index (χ2n) is 8.23.